The molecule has 2 fully saturated rings. The van der Waals surface area contributed by atoms with Gasteiger partial charge in [-0.25, -0.2) is 4.79 Å². The fourth-order valence-electron chi connectivity index (χ4n) is 3.65. The van der Waals surface area contributed by atoms with Crippen LogP contribution >= 0.6 is 0 Å². The fraction of sp³-hybridized carbons (Fsp3) is 0.625. The number of carbonyl (C=O) groups excluding carboxylic acids is 1. The van der Waals surface area contributed by atoms with Crippen LogP contribution in [0.5, 0.6) is 0 Å². The molecule has 0 saturated carbocycles. The third kappa shape index (κ3) is 2.13. The summed E-state index contributed by atoms with van der Waals surface area (Å²) in [6.07, 6.45) is 8.27. The second-order valence-corrected chi connectivity index (χ2v) is 7.46. The molecule has 0 aromatic carbocycles. The van der Waals surface area contributed by atoms with Crippen molar-refractivity contribution in [3.63, 3.8) is 0 Å². The monoisotopic (exact) mass is 302 g/mol. The number of hydrogen-bond acceptors (Lipinski definition) is 3. The highest BCUT2D eigenvalue weighted by Gasteiger charge is 2.51. The van der Waals surface area contributed by atoms with Gasteiger partial charge in [0, 0.05) is 31.1 Å². The number of amides is 2. The lowest BCUT2D eigenvalue weighted by Crippen LogP contribution is -2.35. The second-order valence-electron chi connectivity index (χ2n) is 7.46. The number of aromatic nitrogens is 2. The maximum absolute atomic E-state index is 12.5. The Kier molecular flexibility index (Phi) is 2.88. The van der Waals surface area contributed by atoms with Gasteiger partial charge in [0.1, 0.15) is 0 Å². The Labute approximate surface area is 130 Å². The molecular formula is C16H22N4O2. The fourth-order valence-corrected chi connectivity index (χ4v) is 3.65. The van der Waals surface area contributed by atoms with Gasteiger partial charge in [-0.15, -0.1) is 0 Å². The number of urea groups is 1. The van der Waals surface area contributed by atoms with Crippen molar-refractivity contribution in [3.05, 3.63) is 24.5 Å². The number of nitrogens with one attached hydrogen (secondary N) is 1. The number of nitrogens with zero attached hydrogens (tertiary/aromatic N) is 3. The average Bonchev–Trinajstić information content (AvgIpc) is 3.19. The van der Waals surface area contributed by atoms with E-state index in [1.807, 2.05) is 15.8 Å². The first-order chi connectivity index (χ1) is 10.4. The van der Waals surface area contributed by atoms with E-state index in [-0.39, 0.29) is 23.8 Å². The lowest BCUT2D eigenvalue weighted by molar-refractivity contribution is 0.0892. The molecule has 6 heteroatoms. The summed E-state index contributed by atoms with van der Waals surface area (Å²) in [7, 11) is 0. The molecule has 4 heterocycles. The first-order valence-electron chi connectivity index (χ1n) is 7.87. The number of ether oxygens (including phenoxy) is 1. The SMILES string of the molecule is CC(C)(C)n1cc(NC(=O)N2C[C@H]3[C@H](C2)[C@H]2C=C[C@H]3O2)cn1. The van der Waals surface area contributed by atoms with E-state index in [0.717, 1.165) is 18.8 Å². The molecule has 1 aromatic heterocycles. The highest BCUT2D eigenvalue weighted by molar-refractivity contribution is 5.89. The third-order valence-corrected chi connectivity index (χ3v) is 4.87. The van der Waals surface area contributed by atoms with Crippen molar-refractivity contribution >= 4 is 11.7 Å². The minimum atomic E-state index is -0.0875. The molecule has 3 aliphatic heterocycles. The molecule has 1 N–H and O–H groups in total. The Hall–Kier alpha value is -1.82. The van der Waals surface area contributed by atoms with Crippen molar-refractivity contribution in [2.45, 2.75) is 38.5 Å². The normalized spacial score (nSPS) is 32.6. The van der Waals surface area contributed by atoms with Gasteiger partial charge in [-0.3, -0.25) is 4.68 Å². The van der Waals surface area contributed by atoms with E-state index in [0.29, 0.717) is 11.8 Å². The summed E-state index contributed by atoms with van der Waals surface area (Å²) in [5.41, 5.74) is 0.657. The molecule has 2 bridgehead atoms. The van der Waals surface area contributed by atoms with Crippen LogP contribution in [0.2, 0.25) is 0 Å². The smallest absolute Gasteiger partial charge is 0.321 e. The number of likely N-dealkylation sites (tertiary alicyclic amines) is 1. The molecule has 2 amide bonds. The molecule has 3 aliphatic rings. The molecule has 0 aliphatic carbocycles. The summed E-state index contributed by atoms with van der Waals surface area (Å²) in [5, 5.41) is 7.27. The minimum absolute atomic E-state index is 0.0396. The van der Waals surface area contributed by atoms with Gasteiger partial charge in [0.05, 0.1) is 29.6 Å². The van der Waals surface area contributed by atoms with Crippen molar-refractivity contribution in [1.82, 2.24) is 14.7 Å². The van der Waals surface area contributed by atoms with Crippen LogP contribution in [0.1, 0.15) is 20.8 Å². The lowest BCUT2D eigenvalue weighted by atomic mass is 9.86. The van der Waals surface area contributed by atoms with Crippen LogP contribution in [-0.2, 0) is 10.3 Å². The lowest BCUT2D eigenvalue weighted by Gasteiger charge is -2.20. The quantitative estimate of drug-likeness (QED) is 0.808. The Morgan fingerprint density at radius 3 is 2.45 bits per heavy atom. The molecule has 4 rings (SSSR count). The minimum Gasteiger partial charge on any atom is -0.366 e. The Morgan fingerprint density at radius 2 is 1.91 bits per heavy atom. The average molecular weight is 302 g/mol. The van der Waals surface area contributed by atoms with Crippen LogP contribution < -0.4 is 5.32 Å². The maximum atomic E-state index is 12.5. The van der Waals surface area contributed by atoms with E-state index in [1.54, 1.807) is 6.20 Å². The van der Waals surface area contributed by atoms with Gasteiger partial charge in [-0.2, -0.15) is 5.10 Å². The van der Waals surface area contributed by atoms with E-state index in [1.165, 1.54) is 0 Å². The van der Waals surface area contributed by atoms with Crippen LogP contribution in [0.3, 0.4) is 0 Å². The molecule has 0 unspecified atom stereocenters. The summed E-state index contributed by atoms with van der Waals surface area (Å²) in [6.45, 7) is 7.78. The zero-order valence-corrected chi connectivity index (χ0v) is 13.2. The van der Waals surface area contributed by atoms with Crippen molar-refractivity contribution < 1.29 is 9.53 Å². The van der Waals surface area contributed by atoms with E-state index >= 15 is 0 Å². The van der Waals surface area contributed by atoms with E-state index in [4.69, 9.17) is 4.74 Å². The predicted molar refractivity (Wildman–Crippen MR) is 82.6 cm³/mol. The van der Waals surface area contributed by atoms with Crippen LogP contribution in [0, 0.1) is 11.8 Å². The standard InChI is InChI=1S/C16H22N4O2/c1-16(2,3)20-7-10(6-17-20)18-15(21)19-8-11-12(9-19)14-5-4-13(11)22-14/h4-7,11-14H,8-9H2,1-3H3,(H,18,21)/t11-,12-,13+,14+/m0/s1. The van der Waals surface area contributed by atoms with Gasteiger partial charge in [-0.05, 0) is 20.8 Å². The Balaban J connectivity index is 1.41. The Bertz CT molecular complexity index is 610. The van der Waals surface area contributed by atoms with Gasteiger partial charge >= 0.3 is 6.03 Å². The van der Waals surface area contributed by atoms with Crippen molar-refractivity contribution in [1.29, 1.82) is 0 Å². The van der Waals surface area contributed by atoms with Gasteiger partial charge in [-0.1, -0.05) is 12.2 Å². The Morgan fingerprint density at radius 1 is 1.27 bits per heavy atom. The summed E-state index contributed by atoms with van der Waals surface area (Å²) in [4.78, 5) is 14.4. The molecular weight excluding hydrogens is 280 g/mol. The molecule has 1 aromatic rings. The number of rotatable bonds is 1. The number of anilines is 1. The number of hydrogen-bond donors (Lipinski definition) is 1. The molecule has 118 valence electrons. The van der Waals surface area contributed by atoms with Crippen molar-refractivity contribution in [2.75, 3.05) is 18.4 Å². The number of fused-ring (bicyclic) bond motifs is 5. The van der Waals surface area contributed by atoms with E-state index in [2.05, 4.69) is 43.3 Å². The van der Waals surface area contributed by atoms with Gasteiger partial charge in [0.15, 0.2) is 0 Å². The van der Waals surface area contributed by atoms with Gasteiger partial charge < -0.3 is 15.0 Å². The molecule has 0 spiro atoms. The summed E-state index contributed by atoms with van der Waals surface area (Å²) < 4.78 is 7.70. The third-order valence-electron chi connectivity index (χ3n) is 4.87. The summed E-state index contributed by atoms with van der Waals surface area (Å²) in [6, 6.07) is -0.0396. The number of carbonyl (C=O) groups is 1. The first-order valence-corrected chi connectivity index (χ1v) is 7.87. The summed E-state index contributed by atoms with van der Waals surface area (Å²) in [5.74, 6) is 0.913. The molecule has 22 heavy (non-hydrogen) atoms. The van der Waals surface area contributed by atoms with Crippen LogP contribution in [0.15, 0.2) is 24.5 Å². The van der Waals surface area contributed by atoms with Crippen molar-refractivity contribution in [2.24, 2.45) is 11.8 Å². The van der Waals surface area contributed by atoms with Crippen LogP contribution in [0.4, 0.5) is 10.5 Å². The van der Waals surface area contributed by atoms with Gasteiger partial charge in [0.2, 0.25) is 0 Å². The van der Waals surface area contributed by atoms with Crippen molar-refractivity contribution in [3.8, 4) is 0 Å². The summed E-state index contributed by atoms with van der Waals surface area (Å²) >= 11 is 0. The predicted octanol–water partition coefficient (Wildman–Crippen LogP) is 2.06. The zero-order chi connectivity index (χ0) is 15.5. The topological polar surface area (TPSA) is 59.4 Å². The largest absolute Gasteiger partial charge is 0.366 e. The highest BCUT2D eigenvalue weighted by Crippen LogP contribution is 2.43. The second kappa shape index (κ2) is 4.59. The molecule has 6 nitrogen and oxygen atoms in total. The zero-order valence-electron chi connectivity index (χ0n) is 13.2. The highest BCUT2D eigenvalue weighted by atomic mass is 16.5. The van der Waals surface area contributed by atoms with Crippen LogP contribution in [0.25, 0.3) is 0 Å². The van der Waals surface area contributed by atoms with E-state index in [9.17, 15) is 4.79 Å². The molecule has 4 atom stereocenters. The van der Waals surface area contributed by atoms with Crippen LogP contribution in [-0.4, -0.2) is 46.0 Å². The molecule has 0 radical (unpaired) electrons. The first kappa shape index (κ1) is 13.8. The molecule has 2 saturated heterocycles. The maximum Gasteiger partial charge on any atom is 0.321 e. The van der Waals surface area contributed by atoms with E-state index < -0.39 is 0 Å². The van der Waals surface area contributed by atoms with Gasteiger partial charge in [0.25, 0.3) is 0 Å².